The number of halogens is 1. The monoisotopic (exact) mass is 189 g/mol. The van der Waals surface area contributed by atoms with Crippen molar-refractivity contribution in [3.63, 3.8) is 0 Å². The molecule has 0 rings (SSSR count). The summed E-state index contributed by atoms with van der Waals surface area (Å²) in [5, 5.41) is 2.41. The van der Waals surface area contributed by atoms with Crippen LogP contribution in [0.2, 0.25) is 0 Å². The first-order valence-corrected chi connectivity index (χ1v) is 4.11. The van der Waals surface area contributed by atoms with Crippen molar-refractivity contribution < 1.29 is 13.9 Å². The summed E-state index contributed by atoms with van der Waals surface area (Å²) in [6.45, 7) is 8.57. The number of carbonyl (C=O) groups excluding carboxylic acids is 1. The van der Waals surface area contributed by atoms with Gasteiger partial charge in [0, 0.05) is 13.0 Å². The Bertz CT molecular complexity index is 196. The van der Waals surface area contributed by atoms with Gasteiger partial charge in [0.05, 0.1) is 5.83 Å². The van der Waals surface area contributed by atoms with Crippen LogP contribution in [0, 0.1) is 0 Å². The Hall–Kier alpha value is -1.06. The van der Waals surface area contributed by atoms with E-state index in [9.17, 15) is 9.18 Å². The molecule has 1 amide bonds. The van der Waals surface area contributed by atoms with Gasteiger partial charge in [-0.1, -0.05) is 6.58 Å². The molecule has 0 aromatic heterocycles. The lowest BCUT2D eigenvalue weighted by atomic mass is 10.2. The van der Waals surface area contributed by atoms with Crippen molar-refractivity contribution in [3.8, 4) is 0 Å². The maximum Gasteiger partial charge on any atom is 0.407 e. The van der Waals surface area contributed by atoms with Crippen LogP contribution in [0.4, 0.5) is 9.18 Å². The van der Waals surface area contributed by atoms with E-state index in [1.807, 2.05) is 0 Å². The Balaban J connectivity index is 3.59. The van der Waals surface area contributed by atoms with Gasteiger partial charge in [-0.25, -0.2) is 9.18 Å². The topological polar surface area (TPSA) is 38.3 Å². The molecule has 0 aliphatic heterocycles. The highest BCUT2D eigenvalue weighted by Crippen LogP contribution is 2.06. The third kappa shape index (κ3) is 8.85. The van der Waals surface area contributed by atoms with Crippen LogP contribution in [-0.2, 0) is 4.74 Å². The lowest BCUT2D eigenvalue weighted by molar-refractivity contribution is 0.0528. The van der Waals surface area contributed by atoms with Gasteiger partial charge in [-0.3, -0.25) is 0 Å². The summed E-state index contributed by atoms with van der Waals surface area (Å²) in [4.78, 5) is 11.0. The van der Waals surface area contributed by atoms with Gasteiger partial charge >= 0.3 is 6.09 Å². The highest BCUT2D eigenvalue weighted by atomic mass is 19.1. The number of ether oxygens (including phenoxy) is 1. The molecule has 0 aromatic rings. The molecule has 0 radical (unpaired) electrons. The summed E-state index contributed by atoms with van der Waals surface area (Å²) in [7, 11) is 0. The number of amides is 1. The minimum atomic E-state index is -0.534. The smallest absolute Gasteiger partial charge is 0.407 e. The summed E-state index contributed by atoms with van der Waals surface area (Å²) >= 11 is 0. The predicted molar refractivity (Wildman–Crippen MR) is 49.1 cm³/mol. The zero-order valence-electron chi connectivity index (χ0n) is 8.32. The van der Waals surface area contributed by atoms with E-state index in [2.05, 4.69) is 11.9 Å². The maximum atomic E-state index is 12.1. The van der Waals surface area contributed by atoms with Crippen LogP contribution >= 0.6 is 0 Å². The van der Waals surface area contributed by atoms with Crippen molar-refractivity contribution in [2.75, 3.05) is 6.54 Å². The molecule has 0 unspecified atom stereocenters. The van der Waals surface area contributed by atoms with Gasteiger partial charge in [-0.05, 0) is 20.8 Å². The van der Waals surface area contributed by atoms with Gasteiger partial charge in [0.25, 0.3) is 0 Å². The van der Waals surface area contributed by atoms with Gasteiger partial charge in [-0.15, -0.1) is 0 Å². The van der Waals surface area contributed by atoms with E-state index in [0.29, 0.717) is 0 Å². The van der Waals surface area contributed by atoms with Crippen molar-refractivity contribution in [3.05, 3.63) is 12.4 Å². The largest absolute Gasteiger partial charge is 0.444 e. The molecule has 13 heavy (non-hydrogen) atoms. The Labute approximate surface area is 78.0 Å². The SMILES string of the molecule is C=C(F)CCNC(=O)OC(C)(C)C. The minimum Gasteiger partial charge on any atom is -0.444 e. The Morgan fingerprint density at radius 2 is 2.08 bits per heavy atom. The summed E-state index contributed by atoms with van der Waals surface area (Å²) in [5.41, 5.74) is -0.517. The van der Waals surface area contributed by atoms with E-state index in [4.69, 9.17) is 4.74 Å². The van der Waals surface area contributed by atoms with E-state index in [1.165, 1.54) is 0 Å². The van der Waals surface area contributed by atoms with Crippen LogP contribution in [0.3, 0.4) is 0 Å². The van der Waals surface area contributed by atoms with Gasteiger partial charge in [-0.2, -0.15) is 0 Å². The van der Waals surface area contributed by atoms with Crippen LogP contribution in [-0.4, -0.2) is 18.2 Å². The number of nitrogens with one attached hydrogen (secondary N) is 1. The molecule has 0 spiro atoms. The van der Waals surface area contributed by atoms with E-state index < -0.39 is 17.5 Å². The third-order valence-corrected chi connectivity index (χ3v) is 1.06. The molecule has 0 aliphatic carbocycles. The molecule has 1 N–H and O–H groups in total. The predicted octanol–water partition coefficient (Wildman–Crippen LogP) is 2.38. The summed E-state index contributed by atoms with van der Waals surface area (Å²) < 4.78 is 17.0. The van der Waals surface area contributed by atoms with Gasteiger partial charge in [0.2, 0.25) is 0 Å². The van der Waals surface area contributed by atoms with Crippen LogP contribution in [0.25, 0.3) is 0 Å². The van der Waals surface area contributed by atoms with Crippen LogP contribution in [0.1, 0.15) is 27.2 Å². The Morgan fingerprint density at radius 1 is 1.54 bits per heavy atom. The quantitative estimate of drug-likeness (QED) is 0.740. The van der Waals surface area contributed by atoms with E-state index in [1.54, 1.807) is 20.8 Å². The number of carbonyl (C=O) groups is 1. The molecule has 0 bridgehead atoms. The van der Waals surface area contributed by atoms with Crippen molar-refractivity contribution in [1.82, 2.24) is 5.32 Å². The highest BCUT2D eigenvalue weighted by molar-refractivity contribution is 5.67. The second-order valence-corrected chi connectivity index (χ2v) is 3.70. The molecule has 0 saturated heterocycles. The van der Waals surface area contributed by atoms with Gasteiger partial charge in [0.15, 0.2) is 0 Å². The second-order valence-electron chi connectivity index (χ2n) is 3.70. The Kier molecular flexibility index (Phi) is 4.45. The molecule has 0 aliphatic rings. The molecule has 3 nitrogen and oxygen atoms in total. The van der Waals surface area contributed by atoms with E-state index >= 15 is 0 Å². The van der Waals surface area contributed by atoms with E-state index in [-0.39, 0.29) is 13.0 Å². The molecule has 0 saturated carbocycles. The molecule has 76 valence electrons. The molecular formula is C9H16FNO2. The van der Waals surface area contributed by atoms with Crippen LogP contribution in [0.15, 0.2) is 12.4 Å². The molecule has 0 fully saturated rings. The van der Waals surface area contributed by atoms with Crippen molar-refractivity contribution in [1.29, 1.82) is 0 Å². The summed E-state index contributed by atoms with van der Waals surface area (Å²) in [5.74, 6) is -0.448. The highest BCUT2D eigenvalue weighted by Gasteiger charge is 2.15. The van der Waals surface area contributed by atoms with Gasteiger partial charge < -0.3 is 10.1 Å². The van der Waals surface area contributed by atoms with E-state index in [0.717, 1.165) is 0 Å². The Morgan fingerprint density at radius 3 is 2.46 bits per heavy atom. The lowest BCUT2D eigenvalue weighted by Gasteiger charge is -2.19. The fraction of sp³-hybridized carbons (Fsp3) is 0.667. The summed E-state index contributed by atoms with van der Waals surface area (Å²) in [6.07, 6.45) is -0.409. The number of rotatable bonds is 3. The van der Waals surface area contributed by atoms with Crippen LogP contribution in [0.5, 0.6) is 0 Å². The number of alkyl carbamates (subject to hydrolysis) is 1. The first kappa shape index (κ1) is 11.9. The number of hydrogen-bond acceptors (Lipinski definition) is 2. The van der Waals surface area contributed by atoms with Crippen molar-refractivity contribution in [2.24, 2.45) is 0 Å². The lowest BCUT2D eigenvalue weighted by Crippen LogP contribution is -2.33. The average Bonchev–Trinajstić information content (AvgIpc) is 1.81. The normalized spacial score (nSPS) is 10.8. The van der Waals surface area contributed by atoms with Gasteiger partial charge in [0.1, 0.15) is 5.60 Å². The first-order valence-electron chi connectivity index (χ1n) is 4.11. The maximum absolute atomic E-state index is 12.1. The number of hydrogen-bond donors (Lipinski definition) is 1. The molecule has 0 aromatic carbocycles. The molecule has 4 heteroatoms. The summed E-state index contributed by atoms with van der Waals surface area (Å²) in [6, 6.07) is 0. The van der Waals surface area contributed by atoms with Crippen LogP contribution < -0.4 is 5.32 Å². The fourth-order valence-corrected chi connectivity index (χ4v) is 0.614. The molecular weight excluding hydrogens is 173 g/mol. The third-order valence-electron chi connectivity index (χ3n) is 1.06. The first-order chi connectivity index (χ1) is 5.81. The van der Waals surface area contributed by atoms with Crippen molar-refractivity contribution in [2.45, 2.75) is 32.8 Å². The zero-order chi connectivity index (χ0) is 10.5. The zero-order valence-corrected chi connectivity index (χ0v) is 8.32. The second kappa shape index (κ2) is 4.84. The molecule has 0 heterocycles. The standard InChI is InChI=1S/C9H16FNO2/c1-7(10)5-6-11-8(12)13-9(2,3)4/h1,5-6H2,2-4H3,(H,11,12). The minimum absolute atomic E-state index is 0.124. The fourth-order valence-electron chi connectivity index (χ4n) is 0.614. The van der Waals surface area contributed by atoms with Crippen molar-refractivity contribution >= 4 is 6.09 Å². The molecule has 0 atom stereocenters. The average molecular weight is 189 g/mol.